The number of hydrogen-bond acceptors (Lipinski definition) is 3. The molecule has 0 bridgehead atoms. The minimum Gasteiger partial charge on any atom is -0.496 e. The standard InChI is InChI=1S/C10H13NO2/c1-12-10-7(6-11)2-3-9-8(10)4-5-13-9/h2-3H,4-6,11H2,1H3. The number of fused-ring (bicyclic) bond motifs is 1. The quantitative estimate of drug-likeness (QED) is 0.739. The zero-order valence-electron chi connectivity index (χ0n) is 7.67. The zero-order chi connectivity index (χ0) is 9.26. The third-order valence-corrected chi connectivity index (χ3v) is 2.33. The van der Waals surface area contributed by atoms with E-state index in [0.29, 0.717) is 6.54 Å². The van der Waals surface area contributed by atoms with Crippen LogP contribution in [0.3, 0.4) is 0 Å². The van der Waals surface area contributed by atoms with E-state index in [1.165, 1.54) is 0 Å². The van der Waals surface area contributed by atoms with E-state index < -0.39 is 0 Å². The number of nitrogens with two attached hydrogens (primary N) is 1. The first kappa shape index (κ1) is 8.38. The average Bonchev–Trinajstić information content (AvgIpc) is 2.63. The van der Waals surface area contributed by atoms with Crippen LogP contribution in [-0.2, 0) is 13.0 Å². The second kappa shape index (κ2) is 3.26. The van der Waals surface area contributed by atoms with Gasteiger partial charge in [-0.15, -0.1) is 0 Å². The van der Waals surface area contributed by atoms with Crippen molar-refractivity contribution in [3.63, 3.8) is 0 Å². The molecule has 0 saturated heterocycles. The van der Waals surface area contributed by atoms with Crippen molar-refractivity contribution in [2.24, 2.45) is 5.73 Å². The summed E-state index contributed by atoms with van der Waals surface area (Å²) < 4.78 is 10.7. The Morgan fingerprint density at radius 2 is 2.38 bits per heavy atom. The molecule has 0 saturated carbocycles. The summed E-state index contributed by atoms with van der Waals surface area (Å²) in [6.07, 6.45) is 0.923. The van der Waals surface area contributed by atoms with Crippen molar-refractivity contribution >= 4 is 0 Å². The van der Waals surface area contributed by atoms with Crippen LogP contribution >= 0.6 is 0 Å². The van der Waals surface area contributed by atoms with Crippen LogP contribution in [-0.4, -0.2) is 13.7 Å². The first-order valence-corrected chi connectivity index (χ1v) is 4.38. The predicted molar refractivity (Wildman–Crippen MR) is 50.1 cm³/mol. The Bertz CT molecular complexity index is 323. The van der Waals surface area contributed by atoms with E-state index >= 15 is 0 Å². The second-order valence-corrected chi connectivity index (χ2v) is 3.04. The lowest BCUT2D eigenvalue weighted by Crippen LogP contribution is -2.01. The Labute approximate surface area is 77.5 Å². The molecule has 0 unspecified atom stereocenters. The molecule has 1 aliphatic rings. The molecule has 3 heteroatoms. The van der Waals surface area contributed by atoms with Crippen LogP contribution in [0.4, 0.5) is 0 Å². The van der Waals surface area contributed by atoms with Gasteiger partial charge in [0.15, 0.2) is 0 Å². The van der Waals surface area contributed by atoms with Crippen LogP contribution in [0.5, 0.6) is 11.5 Å². The fourth-order valence-electron chi connectivity index (χ4n) is 1.71. The Hall–Kier alpha value is -1.22. The molecule has 1 heterocycles. The summed E-state index contributed by atoms with van der Waals surface area (Å²) in [6, 6.07) is 3.93. The Morgan fingerprint density at radius 3 is 3.08 bits per heavy atom. The number of ether oxygens (including phenoxy) is 2. The van der Waals surface area contributed by atoms with E-state index in [2.05, 4.69) is 0 Å². The summed E-state index contributed by atoms with van der Waals surface area (Å²) in [5, 5.41) is 0. The van der Waals surface area contributed by atoms with Gasteiger partial charge in [0.25, 0.3) is 0 Å². The highest BCUT2D eigenvalue weighted by Gasteiger charge is 2.18. The number of benzene rings is 1. The number of hydrogen-bond donors (Lipinski definition) is 1. The maximum Gasteiger partial charge on any atom is 0.130 e. The highest BCUT2D eigenvalue weighted by molar-refractivity contribution is 5.51. The van der Waals surface area contributed by atoms with Gasteiger partial charge >= 0.3 is 0 Å². The van der Waals surface area contributed by atoms with Crippen molar-refractivity contribution in [3.05, 3.63) is 23.3 Å². The summed E-state index contributed by atoms with van der Waals surface area (Å²) in [5.41, 5.74) is 7.81. The van der Waals surface area contributed by atoms with Gasteiger partial charge in [0.1, 0.15) is 11.5 Å². The number of methoxy groups -OCH3 is 1. The molecule has 0 spiro atoms. The third kappa shape index (κ3) is 1.25. The SMILES string of the molecule is COc1c(CN)ccc2c1CCO2. The van der Waals surface area contributed by atoms with Crippen molar-refractivity contribution in [1.29, 1.82) is 0 Å². The van der Waals surface area contributed by atoms with Gasteiger partial charge in [0.05, 0.1) is 13.7 Å². The van der Waals surface area contributed by atoms with Crippen molar-refractivity contribution in [2.45, 2.75) is 13.0 Å². The normalized spacial score (nSPS) is 13.7. The maximum absolute atomic E-state index is 5.60. The first-order valence-electron chi connectivity index (χ1n) is 4.38. The van der Waals surface area contributed by atoms with Crippen LogP contribution in [0.15, 0.2) is 12.1 Å². The van der Waals surface area contributed by atoms with Crippen LogP contribution in [0.2, 0.25) is 0 Å². The fourth-order valence-corrected chi connectivity index (χ4v) is 1.71. The van der Waals surface area contributed by atoms with E-state index in [9.17, 15) is 0 Å². The Morgan fingerprint density at radius 1 is 1.54 bits per heavy atom. The highest BCUT2D eigenvalue weighted by atomic mass is 16.5. The molecule has 0 amide bonds. The van der Waals surface area contributed by atoms with Gasteiger partial charge in [0.2, 0.25) is 0 Å². The smallest absolute Gasteiger partial charge is 0.130 e. The zero-order valence-corrected chi connectivity index (χ0v) is 7.67. The van der Waals surface area contributed by atoms with E-state index in [1.807, 2.05) is 12.1 Å². The van der Waals surface area contributed by atoms with Gasteiger partial charge in [-0.3, -0.25) is 0 Å². The van der Waals surface area contributed by atoms with E-state index in [0.717, 1.165) is 35.7 Å². The molecule has 3 nitrogen and oxygen atoms in total. The predicted octanol–water partition coefficient (Wildman–Crippen LogP) is 1.09. The third-order valence-electron chi connectivity index (χ3n) is 2.33. The number of rotatable bonds is 2. The molecular formula is C10H13NO2. The highest BCUT2D eigenvalue weighted by Crippen LogP contribution is 2.35. The monoisotopic (exact) mass is 179 g/mol. The topological polar surface area (TPSA) is 44.5 Å². The molecule has 0 aliphatic carbocycles. The van der Waals surface area contributed by atoms with Crippen molar-refractivity contribution < 1.29 is 9.47 Å². The van der Waals surface area contributed by atoms with Gasteiger partial charge in [0, 0.05) is 24.1 Å². The minimum absolute atomic E-state index is 0.510. The molecular weight excluding hydrogens is 166 g/mol. The largest absolute Gasteiger partial charge is 0.496 e. The summed E-state index contributed by atoms with van der Waals surface area (Å²) in [7, 11) is 1.67. The molecule has 0 fully saturated rings. The van der Waals surface area contributed by atoms with Gasteiger partial charge in [-0.2, -0.15) is 0 Å². The van der Waals surface area contributed by atoms with Crippen molar-refractivity contribution in [1.82, 2.24) is 0 Å². The lowest BCUT2D eigenvalue weighted by molar-refractivity contribution is 0.356. The van der Waals surface area contributed by atoms with Crippen LogP contribution in [0, 0.1) is 0 Å². The molecule has 0 atom stereocenters. The van der Waals surface area contributed by atoms with E-state index in [1.54, 1.807) is 7.11 Å². The van der Waals surface area contributed by atoms with Gasteiger partial charge in [-0.05, 0) is 6.07 Å². The Kier molecular flexibility index (Phi) is 2.10. The maximum atomic E-state index is 5.60. The summed E-state index contributed by atoms with van der Waals surface area (Å²) in [4.78, 5) is 0. The van der Waals surface area contributed by atoms with E-state index in [-0.39, 0.29) is 0 Å². The minimum atomic E-state index is 0.510. The second-order valence-electron chi connectivity index (χ2n) is 3.04. The van der Waals surface area contributed by atoms with E-state index in [4.69, 9.17) is 15.2 Å². The molecule has 2 rings (SSSR count). The average molecular weight is 179 g/mol. The van der Waals surface area contributed by atoms with Crippen molar-refractivity contribution in [3.8, 4) is 11.5 Å². The molecule has 70 valence electrons. The molecule has 0 aromatic heterocycles. The molecule has 1 aromatic rings. The summed E-state index contributed by atoms with van der Waals surface area (Å²) >= 11 is 0. The van der Waals surface area contributed by atoms with Gasteiger partial charge in [-0.1, -0.05) is 6.07 Å². The van der Waals surface area contributed by atoms with Gasteiger partial charge in [-0.25, -0.2) is 0 Å². The molecule has 1 aliphatic heterocycles. The van der Waals surface area contributed by atoms with Crippen molar-refractivity contribution in [2.75, 3.05) is 13.7 Å². The van der Waals surface area contributed by atoms with Gasteiger partial charge < -0.3 is 15.2 Å². The Balaban J connectivity index is 2.53. The fraction of sp³-hybridized carbons (Fsp3) is 0.400. The molecule has 0 radical (unpaired) electrons. The lowest BCUT2D eigenvalue weighted by atomic mass is 10.1. The molecule has 13 heavy (non-hydrogen) atoms. The van der Waals surface area contributed by atoms with Crippen LogP contribution in [0.25, 0.3) is 0 Å². The van der Waals surface area contributed by atoms with Crippen LogP contribution < -0.4 is 15.2 Å². The summed E-state index contributed by atoms with van der Waals surface area (Å²) in [5.74, 6) is 1.84. The summed E-state index contributed by atoms with van der Waals surface area (Å²) in [6.45, 7) is 1.26. The lowest BCUT2D eigenvalue weighted by Gasteiger charge is -2.10. The molecule has 1 aromatic carbocycles. The van der Waals surface area contributed by atoms with Crippen LogP contribution in [0.1, 0.15) is 11.1 Å². The molecule has 2 N–H and O–H groups in total. The first-order chi connectivity index (χ1) is 6.36.